The Morgan fingerprint density at radius 1 is 1.24 bits per heavy atom. The van der Waals surface area contributed by atoms with Gasteiger partial charge in [-0.3, -0.25) is 4.79 Å². The lowest BCUT2D eigenvalue weighted by Crippen LogP contribution is -2.14. The summed E-state index contributed by atoms with van der Waals surface area (Å²) in [4.78, 5) is 25.7. The van der Waals surface area contributed by atoms with Crippen molar-refractivity contribution in [3.8, 4) is 0 Å². The van der Waals surface area contributed by atoms with Crippen molar-refractivity contribution < 1.29 is 13.6 Å². The number of carbonyl (C=O) groups is 1. The number of halogens is 3. The van der Waals surface area contributed by atoms with Crippen LogP contribution < -0.4 is 5.32 Å². The molecule has 9 heteroatoms. The Balaban J connectivity index is 1.91. The second-order valence-corrected chi connectivity index (χ2v) is 4.38. The lowest BCUT2D eigenvalue weighted by molar-refractivity contribution is 0.101. The van der Waals surface area contributed by atoms with Crippen molar-refractivity contribution in [2.75, 3.05) is 5.32 Å². The second-order valence-electron chi connectivity index (χ2n) is 4.04. The summed E-state index contributed by atoms with van der Waals surface area (Å²) in [5.41, 5.74) is 0.260. The summed E-state index contributed by atoms with van der Waals surface area (Å²) < 4.78 is 26.6. The van der Waals surface area contributed by atoms with Gasteiger partial charge in [0.1, 0.15) is 5.52 Å². The van der Waals surface area contributed by atoms with Crippen molar-refractivity contribution in [2.45, 2.75) is 0 Å². The van der Waals surface area contributed by atoms with Crippen molar-refractivity contribution in [1.29, 1.82) is 0 Å². The number of benzene rings is 1. The average Bonchev–Trinajstić information content (AvgIpc) is 2.90. The number of fused-ring (bicyclic) bond motifs is 1. The standard InChI is InChI=1S/C12H6ClF2N5O/c13-12-16-3-5(4-17-12)18-11(21)10-19-7-2-1-6(14)8(15)9(7)20-10/h1-4H,(H,18,21)(H,19,20). The molecule has 0 saturated heterocycles. The number of nitrogens with one attached hydrogen (secondary N) is 2. The topological polar surface area (TPSA) is 83.6 Å². The molecule has 0 aliphatic rings. The number of imidazole rings is 1. The molecular formula is C12H6ClF2N5O. The molecular weight excluding hydrogens is 304 g/mol. The predicted octanol–water partition coefficient (Wildman–Crippen LogP) is 2.54. The number of hydrogen-bond donors (Lipinski definition) is 2. The molecule has 0 atom stereocenters. The van der Waals surface area contributed by atoms with E-state index in [1.165, 1.54) is 18.5 Å². The summed E-state index contributed by atoms with van der Waals surface area (Å²) in [6.07, 6.45) is 2.60. The van der Waals surface area contributed by atoms with Crippen LogP contribution in [-0.2, 0) is 0 Å². The first-order valence-corrected chi connectivity index (χ1v) is 6.05. The zero-order valence-corrected chi connectivity index (χ0v) is 10.9. The molecule has 3 rings (SSSR count). The van der Waals surface area contributed by atoms with E-state index in [4.69, 9.17) is 11.6 Å². The fraction of sp³-hybridized carbons (Fsp3) is 0. The summed E-state index contributed by atoms with van der Waals surface area (Å²) in [6, 6.07) is 2.24. The van der Waals surface area contributed by atoms with Crippen LogP contribution in [0.5, 0.6) is 0 Å². The summed E-state index contributed by atoms with van der Waals surface area (Å²) >= 11 is 5.52. The summed E-state index contributed by atoms with van der Waals surface area (Å²) in [5.74, 6) is -2.95. The van der Waals surface area contributed by atoms with Gasteiger partial charge in [-0.1, -0.05) is 0 Å². The van der Waals surface area contributed by atoms with E-state index in [1.807, 2.05) is 0 Å². The molecule has 0 aliphatic carbocycles. The lowest BCUT2D eigenvalue weighted by atomic mass is 10.3. The Bertz CT molecular complexity index is 834. The van der Waals surface area contributed by atoms with Crippen molar-refractivity contribution in [2.24, 2.45) is 0 Å². The minimum atomic E-state index is -1.11. The second kappa shape index (κ2) is 5.06. The molecule has 1 amide bonds. The van der Waals surface area contributed by atoms with Crippen LogP contribution in [0.3, 0.4) is 0 Å². The van der Waals surface area contributed by atoms with E-state index >= 15 is 0 Å². The van der Waals surface area contributed by atoms with E-state index in [0.717, 1.165) is 6.07 Å². The number of H-pyrrole nitrogens is 1. The van der Waals surface area contributed by atoms with Gasteiger partial charge in [-0.05, 0) is 23.7 Å². The largest absolute Gasteiger partial charge is 0.334 e. The molecule has 2 aromatic heterocycles. The van der Waals surface area contributed by atoms with Gasteiger partial charge in [0.2, 0.25) is 5.28 Å². The summed E-state index contributed by atoms with van der Waals surface area (Å²) in [7, 11) is 0. The monoisotopic (exact) mass is 309 g/mol. The molecule has 0 spiro atoms. The van der Waals surface area contributed by atoms with Gasteiger partial charge in [-0.15, -0.1) is 0 Å². The average molecular weight is 310 g/mol. The van der Waals surface area contributed by atoms with Gasteiger partial charge in [0.15, 0.2) is 17.5 Å². The molecule has 0 fully saturated rings. The Morgan fingerprint density at radius 3 is 2.67 bits per heavy atom. The number of anilines is 1. The van der Waals surface area contributed by atoms with E-state index in [0.29, 0.717) is 0 Å². The maximum absolute atomic E-state index is 13.5. The quantitative estimate of drug-likeness (QED) is 0.713. The minimum Gasteiger partial charge on any atom is -0.334 e. The van der Waals surface area contributed by atoms with Gasteiger partial charge >= 0.3 is 0 Å². The predicted molar refractivity (Wildman–Crippen MR) is 71.0 cm³/mol. The smallest absolute Gasteiger partial charge is 0.291 e. The van der Waals surface area contributed by atoms with E-state index in [1.54, 1.807) is 0 Å². The summed E-state index contributed by atoms with van der Waals surface area (Å²) in [5, 5.41) is 2.48. The first-order chi connectivity index (χ1) is 10.0. The van der Waals surface area contributed by atoms with Crippen LogP contribution in [0.1, 0.15) is 10.6 Å². The van der Waals surface area contributed by atoms with Gasteiger partial charge < -0.3 is 10.3 Å². The van der Waals surface area contributed by atoms with Crippen LogP contribution in [0.4, 0.5) is 14.5 Å². The third-order valence-electron chi connectivity index (χ3n) is 2.64. The first-order valence-electron chi connectivity index (χ1n) is 5.67. The fourth-order valence-corrected chi connectivity index (χ4v) is 1.79. The highest BCUT2D eigenvalue weighted by atomic mass is 35.5. The van der Waals surface area contributed by atoms with Crippen LogP contribution in [0.15, 0.2) is 24.5 Å². The van der Waals surface area contributed by atoms with Crippen molar-refractivity contribution in [1.82, 2.24) is 19.9 Å². The number of rotatable bonds is 2. The third kappa shape index (κ3) is 2.52. The lowest BCUT2D eigenvalue weighted by Gasteiger charge is -2.01. The van der Waals surface area contributed by atoms with Gasteiger partial charge in [0.05, 0.1) is 23.6 Å². The molecule has 0 bridgehead atoms. The SMILES string of the molecule is O=C(Nc1cnc(Cl)nc1)c1nc2c(F)c(F)ccc2[nH]1. The highest BCUT2D eigenvalue weighted by Crippen LogP contribution is 2.18. The number of aromatic amines is 1. The first kappa shape index (κ1) is 13.4. The van der Waals surface area contributed by atoms with Crippen molar-refractivity contribution in [3.63, 3.8) is 0 Å². The highest BCUT2D eigenvalue weighted by molar-refractivity contribution is 6.28. The highest BCUT2D eigenvalue weighted by Gasteiger charge is 2.16. The minimum absolute atomic E-state index is 0.0364. The molecule has 106 valence electrons. The Hall–Kier alpha value is -2.61. The van der Waals surface area contributed by atoms with Crippen LogP contribution in [0.25, 0.3) is 11.0 Å². The number of aromatic nitrogens is 4. The van der Waals surface area contributed by atoms with E-state index in [9.17, 15) is 13.6 Å². The van der Waals surface area contributed by atoms with Gasteiger partial charge in [-0.2, -0.15) is 0 Å². The molecule has 21 heavy (non-hydrogen) atoms. The Morgan fingerprint density at radius 2 is 1.95 bits per heavy atom. The third-order valence-corrected chi connectivity index (χ3v) is 2.83. The maximum atomic E-state index is 13.5. The molecule has 6 nitrogen and oxygen atoms in total. The molecule has 3 aromatic rings. The molecule has 2 heterocycles. The Labute approximate surface area is 121 Å². The van der Waals surface area contributed by atoms with Gasteiger partial charge in [0, 0.05) is 0 Å². The molecule has 2 N–H and O–H groups in total. The van der Waals surface area contributed by atoms with Gasteiger partial charge in [0.25, 0.3) is 5.91 Å². The van der Waals surface area contributed by atoms with E-state index < -0.39 is 17.5 Å². The number of hydrogen-bond acceptors (Lipinski definition) is 4. The molecule has 0 unspecified atom stereocenters. The fourth-order valence-electron chi connectivity index (χ4n) is 1.69. The molecule has 0 radical (unpaired) electrons. The number of carbonyl (C=O) groups excluding carboxylic acids is 1. The van der Waals surface area contributed by atoms with E-state index in [2.05, 4.69) is 25.3 Å². The van der Waals surface area contributed by atoms with Crippen LogP contribution in [0, 0.1) is 11.6 Å². The van der Waals surface area contributed by atoms with Crippen molar-refractivity contribution >= 4 is 34.2 Å². The van der Waals surface area contributed by atoms with Crippen LogP contribution in [0.2, 0.25) is 5.28 Å². The van der Waals surface area contributed by atoms with Crippen LogP contribution in [-0.4, -0.2) is 25.8 Å². The van der Waals surface area contributed by atoms with E-state index in [-0.39, 0.29) is 27.8 Å². The zero-order chi connectivity index (χ0) is 15.0. The summed E-state index contributed by atoms with van der Waals surface area (Å²) in [6.45, 7) is 0. The van der Waals surface area contributed by atoms with Gasteiger partial charge in [-0.25, -0.2) is 23.7 Å². The number of amides is 1. The van der Waals surface area contributed by atoms with Crippen LogP contribution >= 0.6 is 11.6 Å². The zero-order valence-electron chi connectivity index (χ0n) is 10.2. The maximum Gasteiger partial charge on any atom is 0.291 e. The molecule has 1 aromatic carbocycles. The Kier molecular flexibility index (Phi) is 3.22. The normalized spacial score (nSPS) is 10.8. The van der Waals surface area contributed by atoms with Crippen molar-refractivity contribution in [3.05, 3.63) is 47.3 Å². The number of nitrogens with zero attached hydrogens (tertiary/aromatic N) is 3. The molecule has 0 aliphatic heterocycles. The molecule has 0 saturated carbocycles.